The topological polar surface area (TPSA) is 66.9 Å². The summed E-state index contributed by atoms with van der Waals surface area (Å²) in [6, 6.07) is 7.98. The van der Waals surface area contributed by atoms with Crippen LogP contribution < -0.4 is 10.6 Å². The SMILES string of the molecule is C=CCNc1nnc(S[C@@H](C)C(=O)Nc2ccccc2[C@@H](C)CC)s1. The van der Waals surface area contributed by atoms with Gasteiger partial charge in [0.25, 0.3) is 0 Å². The Hall–Kier alpha value is -1.86. The fraction of sp³-hybridized carbons (Fsp3) is 0.389. The minimum Gasteiger partial charge on any atom is -0.357 e. The normalized spacial score (nSPS) is 13.1. The molecule has 0 aliphatic rings. The first-order valence-corrected chi connectivity index (χ1v) is 9.99. The first kappa shape index (κ1) is 19.5. The van der Waals surface area contributed by atoms with Gasteiger partial charge in [-0.2, -0.15) is 0 Å². The molecule has 0 saturated carbocycles. The summed E-state index contributed by atoms with van der Waals surface area (Å²) < 4.78 is 0.768. The molecule has 1 aromatic heterocycles. The van der Waals surface area contributed by atoms with Crippen molar-refractivity contribution in [2.45, 2.75) is 42.7 Å². The molecule has 0 unspecified atom stereocenters. The van der Waals surface area contributed by atoms with Crippen LogP contribution in [0.4, 0.5) is 10.8 Å². The van der Waals surface area contributed by atoms with Crippen LogP contribution in [0.5, 0.6) is 0 Å². The molecule has 1 aromatic carbocycles. The van der Waals surface area contributed by atoms with Gasteiger partial charge in [-0.3, -0.25) is 4.79 Å². The number of amides is 1. The van der Waals surface area contributed by atoms with E-state index in [1.165, 1.54) is 28.7 Å². The Morgan fingerprint density at radius 2 is 2.12 bits per heavy atom. The molecule has 0 fully saturated rings. The van der Waals surface area contributed by atoms with Crippen LogP contribution in [0.15, 0.2) is 41.3 Å². The van der Waals surface area contributed by atoms with Crippen LogP contribution in [0.25, 0.3) is 0 Å². The molecule has 1 heterocycles. The quantitative estimate of drug-likeness (QED) is 0.487. The fourth-order valence-electron chi connectivity index (χ4n) is 2.19. The smallest absolute Gasteiger partial charge is 0.237 e. The maximum atomic E-state index is 12.6. The summed E-state index contributed by atoms with van der Waals surface area (Å²) in [5.74, 6) is 0.373. The molecule has 2 N–H and O–H groups in total. The number of carbonyl (C=O) groups excluding carboxylic acids is 1. The molecule has 0 saturated heterocycles. The van der Waals surface area contributed by atoms with Gasteiger partial charge in [0.05, 0.1) is 5.25 Å². The third kappa shape index (κ3) is 5.57. The number of thioether (sulfide) groups is 1. The summed E-state index contributed by atoms with van der Waals surface area (Å²) in [5, 5.41) is 14.8. The van der Waals surface area contributed by atoms with Crippen molar-refractivity contribution in [3.05, 3.63) is 42.5 Å². The number of rotatable bonds is 9. The predicted molar refractivity (Wildman–Crippen MR) is 108 cm³/mol. The van der Waals surface area contributed by atoms with E-state index in [1.807, 2.05) is 25.1 Å². The molecule has 0 bridgehead atoms. The van der Waals surface area contributed by atoms with E-state index >= 15 is 0 Å². The van der Waals surface area contributed by atoms with E-state index in [9.17, 15) is 4.79 Å². The van der Waals surface area contributed by atoms with Crippen molar-refractivity contribution in [3.63, 3.8) is 0 Å². The largest absolute Gasteiger partial charge is 0.357 e. The minimum absolute atomic E-state index is 0.0310. The van der Waals surface area contributed by atoms with Gasteiger partial charge in [0, 0.05) is 12.2 Å². The molecule has 0 aliphatic heterocycles. The lowest BCUT2D eigenvalue weighted by Gasteiger charge is -2.17. The van der Waals surface area contributed by atoms with Gasteiger partial charge in [-0.15, -0.1) is 16.8 Å². The number of nitrogens with one attached hydrogen (secondary N) is 2. The molecule has 0 radical (unpaired) electrons. The van der Waals surface area contributed by atoms with Gasteiger partial charge in [-0.25, -0.2) is 0 Å². The molecular weight excluding hydrogens is 352 g/mol. The molecule has 2 rings (SSSR count). The molecule has 25 heavy (non-hydrogen) atoms. The minimum atomic E-state index is -0.259. The van der Waals surface area contributed by atoms with Crippen LogP contribution in [0.3, 0.4) is 0 Å². The van der Waals surface area contributed by atoms with Crippen LogP contribution in [-0.2, 0) is 4.79 Å². The monoisotopic (exact) mass is 376 g/mol. The third-order valence-corrected chi connectivity index (χ3v) is 5.88. The van der Waals surface area contributed by atoms with Crippen molar-refractivity contribution < 1.29 is 4.79 Å². The second kappa shape index (κ2) is 9.58. The van der Waals surface area contributed by atoms with Gasteiger partial charge in [0.2, 0.25) is 11.0 Å². The van der Waals surface area contributed by atoms with Crippen LogP contribution in [0.1, 0.15) is 38.7 Å². The Kier molecular flexibility index (Phi) is 7.46. The van der Waals surface area contributed by atoms with Crippen molar-refractivity contribution in [2.75, 3.05) is 17.2 Å². The standard InChI is InChI=1S/C18H24N4OS2/c1-5-11-19-17-21-22-18(25-17)24-13(4)16(23)20-15-10-8-7-9-14(15)12(3)6-2/h5,7-10,12-13H,1,6,11H2,2-4H3,(H,19,21)(H,20,23)/t12-,13-/m0/s1. The van der Waals surface area contributed by atoms with Crippen molar-refractivity contribution in [2.24, 2.45) is 0 Å². The van der Waals surface area contributed by atoms with E-state index in [1.54, 1.807) is 6.08 Å². The molecule has 2 aromatic rings. The third-order valence-electron chi connectivity index (χ3n) is 3.81. The lowest BCUT2D eigenvalue weighted by Crippen LogP contribution is -2.23. The number of benzene rings is 1. The Morgan fingerprint density at radius 3 is 2.84 bits per heavy atom. The van der Waals surface area contributed by atoms with Gasteiger partial charge >= 0.3 is 0 Å². The van der Waals surface area contributed by atoms with E-state index in [0.29, 0.717) is 12.5 Å². The van der Waals surface area contributed by atoms with E-state index in [0.717, 1.165) is 21.6 Å². The summed E-state index contributed by atoms with van der Waals surface area (Å²) in [7, 11) is 0. The number of para-hydroxylation sites is 1. The van der Waals surface area contributed by atoms with Crippen LogP contribution >= 0.6 is 23.1 Å². The maximum Gasteiger partial charge on any atom is 0.237 e. The van der Waals surface area contributed by atoms with Crippen LogP contribution in [0, 0.1) is 0 Å². The second-order valence-electron chi connectivity index (χ2n) is 5.69. The number of anilines is 2. The molecule has 134 valence electrons. The summed E-state index contributed by atoms with van der Waals surface area (Å²) in [6.45, 7) is 10.5. The second-order valence-corrected chi connectivity index (χ2v) is 8.25. The average molecular weight is 377 g/mol. The molecule has 2 atom stereocenters. The molecule has 0 aliphatic carbocycles. The highest BCUT2D eigenvalue weighted by Gasteiger charge is 2.19. The lowest BCUT2D eigenvalue weighted by atomic mass is 9.97. The first-order valence-electron chi connectivity index (χ1n) is 8.29. The number of hydrogen-bond donors (Lipinski definition) is 2. The van der Waals surface area contributed by atoms with E-state index in [2.05, 4.69) is 47.3 Å². The first-order chi connectivity index (χ1) is 12.0. The Balaban J connectivity index is 1.99. The zero-order chi connectivity index (χ0) is 18.2. The van der Waals surface area contributed by atoms with Gasteiger partial charge in [-0.1, -0.05) is 61.2 Å². The van der Waals surface area contributed by atoms with Gasteiger partial charge in [-0.05, 0) is 30.9 Å². The van der Waals surface area contributed by atoms with Gasteiger partial charge in [0.1, 0.15) is 0 Å². The molecular formula is C18H24N4OS2. The summed E-state index contributed by atoms with van der Waals surface area (Å²) >= 11 is 2.85. The number of carbonyl (C=O) groups is 1. The van der Waals surface area contributed by atoms with Crippen molar-refractivity contribution in [1.82, 2.24) is 10.2 Å². The predicted octanol–water partition coefficient (Wildman–Crippen LogP) is 4.77. The highest BCUT2D eigenvalue weighted by Crippen LogP contribution is 2.31. The zero-order valence-corrected chi connectivity index (χ0v) is 16.4. The van der Waals surface area contributed by atoms with Crippen LogP contribution in [0.2, 0.25) is 0 Å². The summed E-state index contributed by atoms with van der Waals surface area (Å²) in [5.41, 5.74) is 2.06. The molecule has 5 nitrogen and oxygen atoms in total. The van der Waals surface area contributed by atoms with Gasteiger partial charge < -0.3 is 10.6 Å². The Labute approximate surface area is 157 Å². The fourth-order valence-corrected chi connectivity index (χ4v) is 4.09. The van der Waals surface area contributed by atoms with E-state index in [-0.39, 0.29) is 11.2 Å². The van der Waals surface area contributed by atoms with Gasteiger partial charge in [0.15, 0.2) is 4.34 Å². The highest BCUT2D eigenvalue weighted by atomic mass is 32.2. The maximum absolute atomic E-state index is 12.6. The summed E-state index contributed by atoms with van der Waals surface area (Å²) in [6.07, 6.45) is 2.79. The zero-order valence-electron chi connectivity index (χ0n) is 14.8. The Morgan fingerprint density at radius 1 is 1.36 bits per heavy atom. The van der Waals surface area contributed by atoms with Crippen LogP contribution in [-0.4, -0.2) is 27.9 Å². The molecule has 0 spiro atoms. The molecule has 7 heteroatoms. The lowest BCUT2D eigenvalue weighted by molar-refractivity contribution is -0.115. The van der Waals surface area contributed by atoms with Crippen molar-refractivity contribution in [1.29, 1.82) is 0 Å². The van der Waals surface area contributed by atoms with E-state index < -0.39 is 0 Å². The average Bonchev–Trinajstić information content (AvgIpc) is 3.07. The van der Waals surface area contributed by atoms with E-state index in [4.69, 9.17) is 0 Å². The number of nitrogens with zero attached hydrogens (tertiary/aromatic N) is 2. The van der Waals surface area contributed by atoms with Crippen molar-refractivity contribution in [3.8, 4) is 0 Å². The Bertz CT molecular complexity index is 717. The highest BCUT2D eigenvalue weighted by molar-refractivity contribution is 8.02. The van der Waals surface area contributed by atoms with Crippen molar-refractivity contribution >= 4 is 39.8 Å². The number of hydrogen-bond acceptors (Lipinski definition) is 6. The summed E-state index contributed by atoms with van der Waals surface area (Å²) in [4.78, 5) is 12.6. The molecule has 1 amide bonds. The number of aromatic nitrogens is 2.